The molecule has 1 amide bonds. The van der Waals surface area contributed by atoms with E-state index in [4.69, 9.17) is 4.74 Å². The first-order valence-corrected chi connectivity index (χ1v) is 13.8. The molecule has 1 atom stereocenters. The molecule has 2 saturated heterocycles. The molecule has 8 heteroatoms. The van der Waals surface area contributed by atoms with E-state index in [0.717, 1.165) is 44.7 Å². The van der Waals surface area contributed by atoms with E-state index >= 15 is 0 Å². The molecule has 7 nitrogen and oxygen atoms in total. The summed E-state index contributed by atoms with van der Waals surface area (Å²) in [7, 11) is -3.49. The quantitative estimate of drug-likeness (QED) is 0.561. The van der Waals surface area contributed by atoms with E-state index in [0.29, 0.717) is 44.4 Å². The van der Waals surface area contributed by atoms with Crippen LogP contribution in [0.15, 0.2) is 35.7 Å². The molecule has 0 aliphatic carbocycles. The minimum absolute atomic E-state index is 0.0519. The first-order valence-electron chi connectivity index (χ1n) is 12.3. The molecular formula is C25H39N3O4S. The number of nitrogens with one attached hydrogen (secondary N) is 1. The number of carbonyl (C=O) groups excluding carboxylic acids is 1. The lowest BCUT2D eigenvalue weighted by atomic mass is 9.91. The second-order valence-corrected chi connectivity index (χ2v) is 10.8. The molecule has 0 spiro atoms. The monoisotopic (exact) mass is 477 g/mol. The standard InChI is InChI=1S/C25H39N3O4S/c1-3-22(4-2)24(27-15-17-32-18-16-27)20-26-25(29)23-10-13-28(14-11-23)33(30,31)19-12-21-8-6-5-7-9-21/h5-9,12,19,22-24H,3-4,10-11,13-18,20H2,1-2H3,(H,26,29)/b19-12+. The highest BCUT2D eigenvalue weighted by atomic mass is 32.2. The highest BCUT2D eigenvalue weighted by molar-refractivity contribution is 7.92. The zero-order valence-electron chi connectivity index (χ0n) is 20.0. The number of benzene rings is 1. The van der Waals surface area contributed by atoms with Crippen LogP contribution in [0.25, 0.3) is 6.08 Å². The Hall–Kier alpha value is -1.74. The maximum atomic E-state index is 12.9. The Morgan fingerprint density at radius 3 is 2.33 bits per heavy atom. The van der Waals surface area contributed by atoms with Crippen molar-refractivity contribution in [1.82, 2.24) is 14.5 Å². The Labute approximate surface area is 199 Å². The molecule has 2 aliphatic rings. The van der Waals surface area contributed by atoms with Crippen molar-refractivity contribution in [3.63, 3.8) is 0 Å². The van der Waals surface area contributed by atoms with E-state index in [9.17, 15) is 13.2 Å². The lowest BCUT2D eigenvalue weighted by Gasteiger charge is -2.39. The Kier molecular flexibility index (Phi) is 9.92. The molecule has 2 aliphatic heterocycles. The third kappa shape index (κ3) is 7.37. The molecule has 0 radical (unpaired) electrons. The molecule has 0 aromatic heterocycles. The van der Waals surface area contributed by atoms with Crippen LogP contribution in [-0.4, -0.2) is 75.5 Å². The normalized spacial score (nSPS) is 20.3. The van der Waals surface area contributed by atoms with Gasteiger partial charge in [-0.3, -0.25) is 9.69 Å². The van der Waals surface area contributed by atoms with Gasteiger partial charge in [-0.15, -0.1) is 0 Å². The Bertz CT molecular complexity index is 857. The summed E-state index contributed by atoms with van der Waals surface area (Å²) in [5.74, 6) is 0.449. The highest BCUT2D eigenvalue weighted by Gasteiger charge is 2.32. The first kappa shape index (κ1) is 25.9. The third-order valence-electron chi connectivity index (χ3n) is 7.01. The molecule has 1 unspecified atom stereocenters. The van der Waals surface area contributed by atoms with E-state index < -0.39 is 10.0 Å². The van der Waals surface area contributed by atoms with Gasteiger partial charge in [-0.2, -0.15) is 4.31 Å². The van der Waals surface area contributed by atoms with Gasteiger partial charge in [-0.05, 0) is 30.4 Å². The third-order valence-corrected chi connectivity index (χ3v) is 8.57. The molecule has 184 valence electrons. The van der Waals surface area contributed by atoms with Gasteiger partial charge < -0.3 is 10.1 Å². The molecule has 1 aromatic carbocycles. The van der Waals surface area contributed by atoms with Crippen LogP contribution in [0.2, 0.25) is 0 Å². The van der Waals surface area contributed by atoms with Gasteiger partial charge in [0.15, 0.2) is 0 Å². The van der Waals surface area contributed by atoms with Crippen LogP contribution >= 0.6 is 0 Å². The summed E-state index contributed by atoms with van der Waals surface area (Å²) in [6.45, 7) is 9.12. The number of amides is 1. The number of hydrogen-bond donors (Lipinski definition) is 1. The number of nitrogens with zero attached hydrogens (tertiary/aromatic N) is 2. The summed E-state index contributed by atoms with van der Waals surface area (Å²) in [6, 6.07) is 9.71. The Morgan fingerprint density at radius 1 is 1.09 bits per heavy atom. The maximum Gasteiger partial charge on any atom is 0.236 e. The van der Waals surface area contributed by atoms with Gasteiger partial charge in [0.1, 0.15) is 0 Å². The molecule has 0 saturated carbocycles. The number of carbonyl (C=O) groups is 1. The van der Waals surface area contributed by atoms with Gasteiger partial charge in [0.05, 0.1) is 13.2 Å². The summed E-state index contributed by atoms with van der Waals surface area (Å²) < 4.78 is 32.4. The van der Waals surface area contributed by atoms with E-state index in [1.807, 2.05) is 30.3 Å². The minimum Gasteiger partial charge on any atom is -0.379 e. The van der Waals surface area contributed by atoms with E-state index in [-0.39, 0.29) is 11.8 Å². The summed E-state index contributed by atoms with van der Waals surface area (Å²) in [5, 5.41) is 4.46. The highest BCUT2D eigenvalue weighted by Crippen LogP contribution is 2.23. The van der Waals surface area contributed by atoms with Crippen molar-refractivity contribution in [2.24, 2.45) is 11.8 Å². The lowest BCUT2D eigenvalue weighted by Crippen LogP contribution is -2.53. The largest absolute Gasteiger partial charge is 0.379 e. The number of hydrogen-bond acceptors (Lipinski definition) is 5. The predicted octanol–water partition coefficient (Wildman–Crippen LogP) is 2.95. The van der Waals surface area contributed by atoms with E-state index in [1.54, 1.807) is 6.08 Å². The smallest absolute Gasteiger partial charge is 0.236 e. The number of rotatable bonds is 10. The van der Waals surface area contributed by atoms with Gasteiger partial charge in [-0.25, -0.2) is 8.42 Å². The molecule has 3 rings (SSSR count). The van der Waals surface area contributed by atoms with Crippen LogP contribution in [0.5, 0.6) is 0 Å². The Balaban J connectivity index is 1.51. The molecular weight excluding hydrogens is 438 g/mol. The van der Waals surface area contributed by atoms with Crippen LogP contribution in [-0.2, 0) is 19.6 Å². The molecule has 2 heterocycles. The van der Waals surface area contributed by atoms with Crippen molar-refractivity contribution < 1.29 is 17.9 Å². The Morgan fingerprint density at radius 2 is 1.73 bits per heavy atom. The number of morpholine rings is 1. The summed E-state index contributed by atoms with van der Waals surface area (Å²) >= 11 is 0. The van der Waals surface area contributed by atoms with Gasteiger partial charge in [0, 0.05) is 50.1 Å². The van der Waals surface area contributed by atoms with Crippen LogP contribution < -0.4 is 5.32 Å². The fourth-order valence-corrected chi connectivity index (χ4v) is 6.09. The van der Waals surface area contributed by atoms with Crippen molar-refractivity contribution in [2.45, 2.75) is 45.6 Å². The molecule has 0 bridgehead atoms. The molecule has 33 heavy (non-hydrogen) atoms. The SMILES string of the molecule is CCC(CC)C(CNC(=O)C1CCN(S(=O)(=O)/C=C/c2ccccc2)CC1)N1CCOCC1. The number of ether oxygens (including phenoxy) is 1. The first-order chi connectivity index (χ1) is 15.9. The zero-order valence-corrected chi connectivity index (χ0v) is 20.8. The molecule has 1 aromatic rings. The second-order valence-electron chi connectivity index (χ2n) is 8.97. The average molecular weight is 478 g/mol. The zero-order chi connectivity index (χ0) is 23.7. The maximum absolute atomic E-state index is 12.9. The van der Waals surface area contributed by atoms with Gasteiger partial charge in [0.25, 0.3) is 0 Å². The number of piperidine rings is 1. The fourth-order valence-electron chi connectivity index (χ4n) is 4.87. The van der Waals surface area contributed by atoms with Crippen LogP contribution in [0.3, 0.4) is 0 Å². The van der Waals surface area contributed by atoms with Crippen molar-refractivity contribution in [3.05, 3.63) is 41.3 Å². The number of sulfonamides is 1. The van der Waals surface area contributed by atoms with Gasteiger partial charge in [-0.1, -0.05) is 57.0 Å². The van der Waals surface area contributed by atoms with Crippen molar-refractivity contribution >= 4 is 22.0 Å². The van der Waals surface area contributed by atoms with Crippen LogP contribution in [0.4, 0.5) is 0 Å². The molecule has 1 N–H and O–H groups in total. The van der Waals surface area contributed by atoms with Gasteiger partial charge in [0.2, 0.25) is 15.9 Å². The van der Waals surface area contributed by atoms with Crippen molar-refractivity contribution in [2.75, 3.05) is 45.9 Å². The van der Waals surface area contributed by atoms with E-state index in [1.165, 1.54) is 9.71 Å². The second kappa shape index (κ2) is 12.6. The van der Waals surface area contributed by atoms with Crippen LogP contribution in [0, 0.1) is 11.8 Å². The minimum atomic E-state index is -3.49. The van der Waals surface area contributed by atoms with Crippen molar-refractivity contribution in [1.29, 1.82) is 0 Å². The van der Waals surface area contributed by atoms with E-state index in [2.05, 4.69) is 24.1 Å². The van der Waals surface area contributed by atoms with Crippen LogP contribution in [0.1, 0.15) is 45.1 Å². The van der Waals surface area contributed by atoms with Crippen molar-refractivity contribution in [3.8, 4) is 0 Å². The topological polar surface area (TPSA) is 79.0 Å². The average Bonchev–Trinajstić information content (AvgIpc) is 2.86. The molecule has 2 fully saturated rings. The summed E-state index contributed by atoms with van der Waals surface area (Å²) in [5.41, 5.74) is 0.850. The fraction of sp³-hybridized carbons (Fsp3) is 0.640. The summed E-state index contributed by atoms with van der Waals surface area (Å²) in [6.07, 6.45) is 4.90. The predicted molar refractivity (Wildman–Crippen MR) is 132 cm³/mol. The van der Waals surface area contributed by atoms with Gasteiger partial charge >= 0.3 is 0 Å². The lowest BCUT2D eigenvalue weighted by molar-refractivity contribution is -0.126. The summed E-state index contributed by atoms with van der Waals surface area (Å²) in [4.78, 5) is 15.4.